The van der Waals surface area contributed by atoms with Gasteiger partial charge in [0.2, 0.25) is 23.6 Å². The first-order chi connectivity index (χ1) is 15.9. The predicted octanol–water partition coefficient (Wildman–Crippen LogP) is -1.05. The van der Waals surface area contributed by atoms with Crippen LogP contribution >= 0.6 is 12.6 Å². The Balaban J connectivity index is 3.08. The molecule has 1 rings (SSSR count). The van der Waals surface area contributed by atoms with Gasteiger partial charge in [0.15, 0.2) is 0 Å². The number of rotatable bonds is 14. The number of carbonyl (C=O) groups excluding carboxylic acids is 4. The van der Waals surface area contributed by atoms with E-state index in [4.69, 9.17) is 11.5 Å². The number of primary amides is 1. The van der Waals surface area contributed by atoms with E-state index in [0.717, 1.165) is 5.56 Å². The van der Waals surface area contributed by atoms with Gasteiger partial charge in [-0.05, 0) is 17.9 Å². The van der Waals surface area contributed by atoms with Crippen LogP contribution in [0.25, 0.3) is 0 Å². The summed E-state index contributed by atoms with van der Waals surface area (Å²) in [5.74, 6) is -4.32. The number of amides is 4. The van der Waals surface area contributed by atoms with Crippen molar-refractivity contribution in [2.75, 3.05) is 5.75 Å². The van der Waals surface area contributed by atoms with Crippen molar-refractivity contribution in [3.63, 3.8) is 0 Å². The van der Waals surface area contributed by atoms with E-state index >= 15 is 0 Å². The molecule has 0 aliphatic rings. The average Bonchev–Trinajstić information content (AvgIpc) is 2.76. The molecule has 188 valence electrons. The molecule has 0 saturated carbocycles. The lowest BCUT2D eigenvalue weighted by atomic mass is 10.0. The fourth-order valence-corrected chi connectivity index (χ4v) is 3.24. The van der Waals surface area contributed by atoms with E-state index < -0.39 is 60.2 Å². The van der Waals surface area contributed by atoms with Gasteiger partial charge in [-0.25, -0.2) is 4.79 Å². The van der Waals surface area contributed by atoms with Gasteiger partial charge in [0.25, 0.3) is 0 Å². The Morgan fingerprint density at radius 2 is 1.44 bits per heavy atom. The zero-order chi connectivity index (χ0) is 25.8. The average molecular weight is 496 g/mol. The lowest BCUT2D eigenvalue weighted by Gasteiger charge is -2.26. The summed E-state index contributed by atoms with van der Waals surface area (Å²) in [4.78, 5) is 60.8. The predicted molar refractivity (Wildman–Crippen MR) is 129 cm³/mol. The first kappa shape index (κ1) is 28.9. The highest BCUT2D eigenvalue weighted by atomic mass is 32.1. The molecule has 4 amide bonds. The van der Waals surface area contributed by atoms with Crippen LogP contribution in [0, 0.1) is 5.92 Å². The van der Waals surface area contributed by atoms with E-state index in [1.165, 1.54) is 0 Å². The number of benzene rings is 1. The highest BCUT2D eigenvalue weighted by molar-refractivity contribution is 7.80. The first-order valence-corrected chi connectivity index (χ1v) is 11.4. The number of hydrogen-bond acceptors (Lipinski definition) is 7. The van der Waals surface area contributed by atoms with Crippen molar-refractivity contribution in [3.05, 3.63) is 35.9 Å². The summed E-state index contributed by atoms with van der Waals surface area (Å²) in [5, 5.41) is 16.7. The molecule has 0 fully saturated rings. The van der Waals surface area contributed by atoms with Gasteiger partial charge >= 0.3 is 5.97 Å². The summed E-state index contributed by atoms with van der Waals surface area (Å²) in [6.07, 6.45) is -0.284. The van der Waals surface area contributed by atoms with Gasteiger partial charge in [0.05, 0.1) is 12.5 Å². The molecule has 12 heteroatoms. The highest BCUT2D eigenvalue weighted by Gasteiger charge is 2.31. The minimum Gasteiger partial charge on any atom is -0.480 e. The summed E-state index contributed by atoms with van der Waals surface area (Å²) < 4.78 is 0. The summed E-state index contributed by atoms with van der Waals surface area (Å²) >= 11 is 4.00. The molecule has 11 nitrogen and oxygen atoms in total. The monoisotopic (exact) mass is 495 g/mol. The van der Waals surface area contributed by atoms with Crippen LogP contribution in [0.4, 0.5) is 0 Å². The maximum absolute atomic E-state index is 13.1. The molecule has 0 aliphatic carbocycles. The Morgan fingerprint density at radius 3 is 1.94 bits per heavy atom. The van der Waals surface area contributed by atoms with Crippen LogP contribution in [-0.2, 0) is 30.4 Å². The number of carboxylic acid groups (broad SMARTS) is 1. The SMILES string of the molecule is CC(C)CC(NC(=O)C(Cc1ccccc1)NC(=O)C(N)CS)C(=O)NC(CC(N)=O)C(=O)O. The number of aliphatic carboxylic acids is 1. The Hall–Kier alpha value is -3.12. The van der Waals surface area contributed by atoms with Crippen LogP contribution < -0.4 is 27.4 Å². The van der Waals surface area contributed by atoms with Gasteiger partial charge in [0, 0.05) is 12.2 Å². The lowest BCUT2D eigenvalue weighted by molar-refractivity contribution is -0.143. The van der Waals surface area contributed by atoms with Crippen LogP contribution in [0.5, 0.6) is 0 Å². The van der Waals surface area contributed by atoms with Crippen LogP contribution in [0.3, 0.4) is 0 Å². The van der Waals surface area contributed by atoms with Crippen LogP contribution in [0.15, 0.2) is 30.3 Å². The number of thiol groups is 1. The van der Waals surface area contributed by atoms with Crippen LogP contribution in [0.2, 0.25) is 0 Å². The third-order valence-electron chi connectivity index (χ3n) is 4.81. The largest absolute Gasteiger partial charge is 0.480 e. The van der Waals surface area contributed by atoms with Crippen molar-refractivity contribution in [2.45, 2.75) is 57.3 Å². The molecule has 0 radical (unpaired) electrons. The molecule has 0 aromatic heterocycles. The molecule has 8 N–H and O–H groups in total. The Kier molecular flexibility index (Phi) is 12.1. The maximum Gasteiger partial charge on any atom is 0.326 e. The Bertz CT molecular complexity index is 867. The number of nitrogens with one attached hydrogen (secondary N) is 3. The second-order valence-corrected chi connectivity index (χ2v) is 8.67. The minimum atomic E-state index is -1.54. The summed E-state index contributed by atoms with van der Waals surface area (Å²) in [7, 11) is 0. The topological polar surface area (TPSA) is 194 Å². The van der Waals surface area contributed by atoms with Crippen molar-refractivity contribution >= 4 is 42.2 Å². The molecule has 0 heterocycles. The maximum atomic E-state index is 13.1. The van der Waals surface area contributed by atoms with Gasteiger partial charge in [-0.2, -0.15) is 12.6 Å². The molecule has 1 aromatic carbocycles. The quantitative estimate of drug-likeness (QED) is 0.160. The second-order valence-electron chi connectivity index (χ2n) is 8.30. The standard InChI is InChI=1S/C22H33N5O6S/c1-12(2)8-15(20(30)27-17(22(32)33)10-18(24)28)26-21(31)16(25-19(29)14(23)11-34)9-13-6-4-3-5-7-13/h3-7,12,14-17,34H,8-11,23H2,1-2H3,(H2,24,28)(H,25,29)(H,26,31)(H,27,30)(H,32,33). The van der Waals surface area contributed by atoms with Crippen molar-refractivity contribution < 1.29 is 29.1 Å². The fraction of sp³-hybridized carbons (Fsp3) is 0.500. The Morgan fingerprint density at radius 1 is 0.912 bits per heavy atom. The van der Waals surface area contributed by atoms with Crippen molar-refractivity contribution in [2.24, 2.45) is 17.4 Å². The molecule has 4 atom stereocenters. The van der Waals surface area contributed by atoms with E-state index in [2.05, 4.69) is 28.6 Å². The molecule has 0 saturated heterocycles. The molecule has 4 unspecified atom stereocenters. The van der Waals surface area contributed by atoms with Gasteiger partial charge < -0.3 is 32.5 Å². The third kappa shape index (κ3) is 10.2. The summed E-state index contributed by atoms with van der Waals surface area (Å²) in [6, 6.07) is 4.30. The molecule has 34 heavy (non-hydrogen) atoms. The Labute approximate surface area is 203 Å². The number of nitrogens with two attached hydrogens (primary N) is 2. The van der Waals surface area contributed by atoms with Gasteiger partial charge in [0.1, 0.15) is 18.1 Å². The third-order valence-corrected chi connectivity index (χ3v) is 5.20. The van der Waals surface area contributed by atoms with Gasteiger partial charge in [-0.1, -0.05) is 44.2 Å². The summed E-state index contributed by atoms with van der Waals surface area (Å²) in [6.45, 7) is 3.64. The molecular weight excluding hydrogens is 462 g/mol. The van der Waals surface area contributed by atoms with Crippen molar-refractivity contribution in [3.8, 4) is 0 Å². The van der Waals surface area contributed by atoms with E-state index in [9.17, 15) is 29.1 Å². The molecular formula is C22H33N5O6S. The number of carbonyl (C=O) groups is 5. The smallest absolute Gasteiger partial charge is 0.326 e. The normalized spacial score (nSPS) is 14.4. The molecule has 1 aromatic rings. The molecule has 0 aliphatic heterocycles. The minimum absolute atomic E-state index is 0.0461. The van der Waals surface area contributed by atoms with Gasteiger partial charge in [-0.15, -0.1) is 0 Å². The summed E-state index contributed by atoms with van der Waals surface area (Å²) in [5.41, 5.74) is 11.5. The number of hydrogen-bond donors (Lipinski definition) is 7. The second kappa shape index (κ2) is 14.2. The molecule has 0 spiro atoms. The van der Waals surface area contributed by atoms with E-state index in [1.54, 1.807) is 24.3 Å². The zero-order valence-corrected chi connectivity index (χ0v) is 20.1. The van der Waals surface area contributed by atoms with E-state index in [1.807, 2.05) is 19.9 Å². The van der Waals surface area contributed by atoms with Crippen molar-refractivity contribution in [1.29, 1.82) is 0 Å². The lowest BCUT2D eigenvalue weighted by Crippen LogP contribution is -2.58. The van der Waals surface area contributed by atoms with Crippen molar-refractivity contribution in [1.82, 2.24) is 16.0 Å². The number of carboxylic acids is 1. The van der Waals surface area contributed by atoms with E-state index in [0.29, 0.717) is 0 Å². The molecule has 0 bridgehead atoms. The zero-order valence-electron chi connectivity index (χ0n) is 19.2. The van der Waals surface area contributed by atoms with Gasteiger partial charge in [-0.3, -0.25) is 19.2 Å². The van der Waals surface area contributed by atoms with Crippen LogP contribution in [-0.4, -0.2) is 64.6 Å². The highest BCUT2D eigenvalue weighted by Crippen LogP contribution is 2.09. The van der Waals surface area contributed by atoms with E-state index in [-0.39, 0.29) is 24.5 Å². The first-order valence-electron chi connectivity index (χ1n) is 10.8. The van der Waals surface area contributed by atoms with Crippen LogP contribution in [0.1, 0.15) is 32.3 Å². The fourth-order valence-electron chi connectivity index (χ4n) is 3.07.